The Labute approximate surface area is 275 Å². The van der Waals surface area contributed by atoms with Crippen LogP contribution in [-0.2, 0) is 26.1 Å². The molecule has 1 aromatic heterocycles. The van der Waals surface area contributed by atoms with Crippen molar-refractivity contribution in [3.63, 3.8) is 0 Å². The number of alkyl halides is 3. The van der Waals surface area contributed by atoms with Crippen LogP contribution in [0.5, 0.6) is 0 Å². The largest absolute Gasteiger partial charge is 0.416 e. The first-order valence-corrected chi connectivity index (χ1v) is 15.0. The Balaban J connectivity index is 1.09. The number of carbonyl (C=O) groups excluding carboxylic acids is 5. The summed E-state index contributed by atoms with van der Waals surface area (Å²) in [6, 6.07) is 3.72. The van der Waals surface area contributed by atoms with Crippen LogP contribution in [0, 0.1) is 23.6 Å². The van der Waals surface area contributed by atoms with Gasteiger partial charge in [-0.2, -0.15) is 18.3 Å². The van der Waals surface area contributed by atoms with Gasteiger partial charge in [0.25, 0.3) is 17.7 Å². The predicted octanol–water partition coefficient (Wildman–Crippen LogP) is 3.96. The molecule has 248 valence electrons. The number of piperidine rings is 1. The molecule has 0 radical (unpaired) electrons. The number of benzene rings is 2. The van der Waals surface area contributed by atoms with E-state index in [-0.39, 0.29) is 46.3 Å². The Morgan fingerprint density at radius 2 is 1.75 bits per heavy atom. The first-order valence-electron chi connectivity index (χ1n) is 14.6. The quantitative estimate of drug-likeness (QED) is 0.236. The molecule has 3 aromatic rings. The van der Waals surface area contributed by atoms with Crippen molar-refractivity contribution < 1.29 is 41.5 Å². The summed E-state index contributed by atoms with van der Waals surface area (Å²) in [5, 5.41) is 8.59. The highest BCUT2D eigenvalue weighted by atomic mass is 35.5. The molecule has 0 aliphatic carbocycles. The molecule has 0 saturated carbocycles. The monoisotopic (exact) mass is 684 g/mol. The minimum atomic E-state index is -4.58. The van der Waals surface area contributed by atoms with Crippen LogP contribution in [0.25, 0.3) is 0 Å². The van der Waals surface area contributed by atoms with Crippen LogP contribution in [0.15, 0.2) is 42.7 Å². The molecule has 3 aliphatic heterocycles. The Hall–Kier alpha value is -5.23. The lowest BCUT2D eigenvalue weighted by atomic mass is 9.98. The van der Waals surface area contributed by atoms with Gasteiger partial charge in [-0.05, 0) is 50.6 Å². The summed E-state index contributed by atoms with van der Waals surface area (Å²) in [5.41, 5.74) is -1.83. The number of nitrogens with one attached hydrogen (secondary N) is 2. The van der Waals surface area contributed by atoms with Gasteiger partial charge < -0.3 is 10.2 Å². The third-order valence-corrected chi connectivity index (χ3v) is 8.72. The van der Waals surface area contributed by atoms with Gasteiger partial charge in [-0.25, -0.2) is 4.39 Å². The summed E-state index contributed by atoms with van der Waals surface area (Å²) in [6.45, 7) is 3.75. The van der Waals surface area contributed by atoms with Crippen molar-refractivity contribution in [3.8, 4) is 11.8 Å². The number of carbonyl (C=O) groups is 5. The average molecular weight is 685 g/mol. The van der Waals surface area contributed by atoms with Gasteiger partial charge in [0.1, 0.15) is 17.4 Å². The molecule has 11 nitrogen and oxygen atoms in total. The lowest BCUT2D eigenvalue weighted by Crippen LogP contribution is -2.54. The van der Waals surface area contributed by atoms with E-state index in [0.717, 1.165) is 29.2 Å². The molecule has 16 heteroatoms. The van der Waals surface area contributed by atoms with Gasteiger partial charge in [0.05, 0.1) is 50.8 Å². The highest BCUT2D eigenvalue weighted by molar-refractivity contribution is 6.33. The van der Waals surface area contributed by atoms with Gasteiger partial charge in [0, 0.05) is 25.7 Å². The molecule has 5 amide bonds. The number of rotatable bonds is 5. The number of fused-ring (bicyclic) bond motifs is 1. The van der Waals surface area contributed by atoms with Crippen LogP contribution in [0.2, 0.25) is 5.02 Å². The first kappa shape index (κ1) is 32.7. The predicted molar refractivity (Wildman–Crippen MR) is 162 cm³/mol. The SMILES string of the molecule is CC(C)(C(=O)Nc1ccc(C(F)(F)F)cc1Cl)n1cc(C#CC2CN(c3cc4c(cc3F)C(=O)N(C3CCC(=O)NC3=O)C4=O)C2)cn1. The minimum Gasteiger partial charge on any atom is -0.367 e. The molecule has 4 heterocycles. The Morgan fingerprint density at radius 1 is 1.06 bits per heavy atom. The number of aromatic nitrogens is 2. The molecule has 0 spiro atoms. The Bertz CT molecular complexity index is 1970. The summed E-state index contributed by atoms with van der Waals surface area (Å²) < 4.78 is 55.3. The number of anilines is 2. The van der Waals surface area contributed by atoms with E-state index in [1.807, 2.05) is 0 Å². The zero-order valence-corrected chi connectivity index (χ0v) is 26.0. The fourth-order valence-electron chi connectivity index (χ4n) is 5.54. The second kappa shape index (κ2) is 11.8. The molecule has 1 unspecified atom stereocenters. The van der Waals surface area contributed by atoms with Crippen molar-refractivity contribution in [3.05, 3.63) is 75.8 Å². The maximum atomic E-state index is 15.1. The van der Waals surface area contributed by atoms with E-state index in [0.29, 0.717) is 18.7 Å². The van der Waals surface area contributed by atoms with Gasteiger partial charge in [-0.15, -0.1) is 0 Å². The van der Waals surface area contributed by atoms with Gasteiger partial charge in [0.2, 0.25) is 11.8 Å². The van der Waals surface area contributed by atoms with Crippen LogP contribution in [-0.4, -0.2) is 63.3 Å². The normalized spacial score (nSPS) is 18.3. The van der Waals surface area contributed by atoms with Gasteiger partial charge in [-0.1, -0.05) is 23.4 Å². The van der Waals surface area contributed by atoms with E-state index in [9.17, 15) is 37.1 Å². The van der Waals surface area contributed by atoms with Crippen molar-refractivity contribution in [2.24, 2.45) is 5.92 Å². The van der Waals surface area contributed by atoms with Gasteiger partial charge in [0.15, 0.2) is 0 Å². The molecule has 2 saturated heterocycles. The van der Waals surface area contributed by atoms with Crippen molar-refractivity contribution in [1.29, 1.82) is 0 Å². The molecule has 2 fully saturated rings. The lowest BCUT2D eigenvalue weighted by Gasteiger charge is -2.38. The average Bonchev–Trinajstić information content (AvgIpc) is 3.56. The summed E-state index contributed by atoms with van der Waals surface area (Å²) in [7, 11) is 0. The number of halogens is 5. The number of hydrogen-bond donors (Lipinski definition) is 2. The zero-order chi connectivity index (χ0) is 34.7. The maximum absolute atomic E-state index is 15.1. The molecule has 6 rings (SSSR count). The second-order valence-corrected chi connectivity index (χ2v) is 12.5. The van der Waals surface area contributed by atoms with E-state index in [1.54, 1.807) is 18.7 Å². The summed E-state index contributed by atoms with van der Waals surface area (Å²) in [4.78, 5) is 65.3. The third-order valence-electron chi connectivity index (χ3n) is 8.41. The standard InChI is InChI=1S/C32H25ClF4N6O5/c1-31(2,30(48)39-23-6-5-18(9-21(23)33)32(35,36)37)42-15-16(12-38-42)3-4-17-13-41(14-17)25-11-20-19(10-22(25)34)28(46)43(29(20)47)24-7-8-26(44)40-27(24)45/h5-6,9-12,15,17,24H,7-8,13-14H2,1-2H3,(H,39,48)(H,40,44,45). The highest BCUT2D eigenvalue weighted by Crippen LogP contribution is 2.36. The molecule has 2 N–H and O–H groups in total. The van der Waals surface area contributed by atoms with E-state index >= 15 is 4.39 Å². The van der Waals surface area contributed by atoms with E-state index in [2.05, 4.69) is 27.6 Å². The molecule has 3 aliphatic rings. The lowest BCUT2D eigenvalue weighted by molar-refractivity contribution is -0.138. The fraction of sp³-hybridized carbons (Fsp3) is 0.312. The topological polar surface area (TPSA) is 134 Å². The minimum absolute atomic E-state index is 0.00636. The second-order valence-electron chi connectivity index (χ2n) is 12.0. The number of nitrogens with zero attached hydrogens (tertiary/aromatic N) is 4. The number of imide groups is 2. The number of hydrogen-bond acceptors (Lipinski definition) is 7. The smallest absolute Gasteiger partial charge is 0.367 e. The van der Waals surface area contributed by atoms with Crippen LogP contribution in [0.1, 0.15) is 58.5 Å². The van der Waals surface area contributed by atoms with Gasteiger partial charge >= 0.3 is 6.18 Å². The van der Waals surface area contributed by atoms with Gasteiger partial charge in [-0.3, -0.25) is 38.9 Å². The third kappa shape index (κ3) is 5.87. The highest BCUT2D eigenvalue weighted by Gasteiger charge is 2.45. The molecule has 0 bridgehead atoms. The Morgan fingerprint density at radius 3 is 2.40 bits per heavy atom. The zero-order valence-electron chi connectivity index (χ0n) is 25.2. The van der Waals surface area contributed by atoms with Crippen LogP contribution >= 0.6 is 11.6 Å². The molecular formula is C32H25ClF4N6O5. The summed E-state index contributed by atoms with van der Waals surface area (Å²) in [5.74, 6) is 1.75. The van der Waals surface area contributed by atoms with E-state index in [4.69, 9.17) is 11.6 Å². The molecular weight excluding hydrogens is 660 g/mol. The summed E-state index contributed by atoms with van der Waals surface area (Å²) >= 11 is 5.98. The van der Waals surface area contributed by atoms with Crippen molar-refractivity contribution >= 4 is 52.5 Å². The Kier molecular flexibility index (Phi) is 8.03. The molecule has 48 heavy (non-hydrogen) atoms. The van der Waals surface area contributed by atoms with Crippen LogP contribution in [0.4, 0.5) is 28.9 Å². The summed E-state index contributed by atoms with van der Waals surface area (Å²) in [6.07, 6.45) is -1.65. The van der Waals surface area contributed by atoms with Crippen LogP contribution in [0.3, 0.4) is 0 Å². The number of amides is 5. The maximum Gasteiger partial charge on any atom is 0.416 e. The van der Waals surface area contributed by atoms with Crippen molar-refractivity contribution in [1.82, 2.24) is 20.0 Å². The molecule has 2 aromatic carbocycles. The van der Waals surface area contributed by atoms with Crippen molar-refractivity contribution in [2.45, 2.75) is 44.4 Å². The van der Waals surface area contributed by atoms with Crippen molar-refractivity contribution in [2.75, 3.05) is 23.3 Å². The molecule has 1 atom stereocenters. The van der Waals surface area contributed by atoms with E-state index in [1.165, 1.54) is 23.1 Å². The van der Waals surface area contributed by atoms with E-state index < -0.39 is 58.7 Å². The fourth-order valence-corrected chi connectivity index (χ4v) is 5.77. The van der Waals surface area contributed by atoms with Crippen LogP contribution < -0.4 is 15.5 Å². The first-order chi connectivity index (χ1) is 22.5.